The Labute approximate surface area is 90.3 Å². The van der Waals surface area contributed by atoms with Gasteiger partial charge in [-0.25, -0.2) is 0 Å². The Kier molecular flexibility index (Phi) is 4.16. The third-order valence-electron chi connectivity index (χ3n) is 2.22. The second-order valence-electron chi connectivity index (χ2n) is 3.65. The molecule has 0 heterocycles. The Morgan fingerprint density at radius 3 is 2.40 bits per heavy atom. The number of hydrogen-bond acceptors (Lipinski definition) is 2. The lowest BCUT2D eigenvalue weighted by Crippen LogP contribution is -2.30. The number of carboxylic acids is 1. The van der Waals surface area contributed by atoms with E-state index in [4.69, 9.17) is 5.11 Å². The molecule has 0 saturated heterocycles. The van der Waals surface area contributed by atoms with Crippen LogP contribution < -0.4 is 4.90 Å². The standard InChI is InChI=1S/C12H17NO2/c1-3-8-13(9-12(14)15)11-6-4-10(2)5-7-11/h4-7H,3,8-9H2,1-2H3,(H,14,15). The minimum Gasteiger partial charge on any atom is -0.480 e. The minimum atomic E-state index is -0.788. The number of nitrogens with zero attached hydrogens (tertiary/aromatic N) is 1. The monoisotopic (exact) mass is 207 g/mol. The highest BCUT2D eigenvalue weighted by Gasteiger charge is 2.08. The Morgan fingerprint density at radius 2 is 1.93 bits per heavy atom. The molecule has 0 amide bonds. The van der Waals surface area contributed by atoms with Gasteiger partial charge in [-0.2, -0.15) is 0 Å². The summed E-state index contributed by atoms with van der Waals surface area (Å²) in [5.74, 6) is -0.788. The predicted molar refractivity (Wildman–Crippen MR) is 61.3 cm³/mol. The van der Waals surface area contributed by atoms with Gasteiger partial charge in [0, 0.05) is 12.2 Å². The number of rotatable bonds is 5. The van der Waals surface area contributed by atoms with E-state index in [0.29, 0.717) is 0 Å². The number of aryl methyl sites for hydroxylation is 1. The molecule has 0 saturated carbocycles. The van der Waals surface area contributed by atoms with Crippen LogP contribution in [0.5, 0.6) is 0 Å². The highest BCUT2D eigenvalue weighted by Crippen LogP contribution is 2.14. The second-order valence-corrected chi connectivity index (χ2v) is 3.65. The molecular formula is C12H17NO2. The van der Waals surface area contributed by atoms with Crippen molar-refractivity contribution in [2.24, 2.45) is 0 Å². The molecule has 1 aromatic rings. The van der Waals surface area contributed by atoms with Gasteiger partial charge in [0.15, 0.2) is 0 Å². The summed E-state index contributed by atoms with van der Waals surface area (Å²) >= 11 is 0. The first kappa shape index (κ1) is 11.6. The zero-order valence-corrected chi connectivity index (χ0v) is 9.23. The van der Waals surface area contributed by atoms with E-state index in [1.165, 1.54) is 5.56 Å². The van der Waals surface area contributed by atoms with Crippen molar-refractivity contribution in [3.63, 3.8) is 0 Å². The molecule has 82 valence electrons. The fourth-order valence-electron chi connectivity index (χ4n) is 1.49. The number of benzene rings is 1. The van der Waals surface area contributed by atoms with Crippen LogP contribution in [0.4, 0.5) is 5.69 Å². The summed E-state index contributed by atoms with van der Waals surface area (Å²) in [7, 11) is 0. The van der Waals surface area contributed by atoms with Crippen LogP contribution in [-0.4, -0.2) is 24.2 Å². The fourth-order valence-corrected chi connectivity index (χ4v) is 1.49. The summed E-state index contributed by atoms with van der Waals surface area (Å²) in [4.78, 5) is 12.6. The van der Waals surface area contributed by atoms with Crippen molar-refractivity contribution in [1.82, 2.24) is 0 Å². The molecule has 3 heteroatoms. The maximum Gasteiger partial charge on any atom is 0.323 e. The van der Waals surface area contributed by atoms with Gasteiger partial charge < -0.3 is 10.0 Å². The highest BCUT2D eigenvalue weighted by molar-refractivity contribution is 5.73. The molecule has 0 unspecified atom stereocenters. The van der Waals surface area contributed by atoms with E-state index >= 15 is 0 Å². The lowest BCUT2D eigenvalue weighted by atomic mass is 10.2. The van der Waals surface area contributed by atoms with Crippen LogP contribution in [0.3, 0.4) is 0 Å². The van der Waals surface area contributed by atoms with Crippen LogP contribution in [-0.2, 0) is 4.79 Å². The van der Waals surface area contributed by atoms with E-state index in [0.717, 1.165) is 18.7 Å². The molecule has 0 fully saturated rings. The average molecular weight is 207 g/mol. The Balaban J connectivity index is 2.78. The van der Waals surface area contributed by atoms with Gasteiger partial charge in [-0.05, 0) is 25.5 Å². The third kappa shape index (κ3) is 3.62. The summed E-state index contributed by atoms with van der Waals surface area (Å²) in [6, 6.07) is 7.93. The molecule has 1 N–H and O–H groups in total. The first-order valence-corrected chi connectivity index (χ1v) is 5.17. The maximum atomic E-state index is 10.7. The van der Waals surface area contributed by atoms with Crippen molar-refractivity contribution in [2.75, 3.05) is 18.0 Å². The van der Waals surface area contributed by atoms with E-state index in [-0.39, 0.29) is 6.54 Å². The van der Waals surface area contributed by atoms with Gasteiger partial charge in [-0.15, -0.1) is 0 Å². The van der Waals surface area contributed by atoms with Crippen LogP contribution in [0, 0.1) is 6.92 Å². The minimum absolute atomic E-state index is 0.0664. The Bertz CT molecular complexity index is 319. The summed E-state index contributed by atoms with van der Waals surface area (Å²) in [6.07, 6.45) is 0.946. The third-order valence-corrected chi connectivity index (χ3v) is 2.22. The van der Waals surface area contributed by atoms with Gasteiger partial charge in [-0.3, -0.25) is 4.79 Å². The summed E-state index contributed by atoms with van der Waals surface area (Å²) in [5.41, 5.74) is 2.16. The Hall–Kier alpha value is -1.51. The largest absolute Gasteiger partial charge is 0.480 e. The molecule has 0 aliphatic carbocycles. The van der Waals surface area contributed by atoms with Crippen molar-refractivity contribution >= 4 is 11.7 Å². The molecular weight excluding hydrogens is 190 g/mol. The van der Waals surface area contributed by atoms with Gasteiger partial charge in [0.2, 0.25) is 0 Å². The van der Waals surface area contributed by atoms with Crippen LogP contribution >= 0.6 is 0 Å². The normalized spacial score (nSPS) is 10.0. The predicted octanol–water partition coefficient (Wildman–Crippen LogP) is 2.30. The SMILES string of the molecule is CCCN(CC(=O)O)c1ccc(C)cc1. The first-order chi connectivity index (χ1) is 7.13. The number of hydrogen-bond donors (Lipinski definition) is 1. The van der Waals surface area contributed by atoms with Gasteiger partial charge in [0.1, 0.15) is 6.54 Å². The lowest BCUT2D eigenvalue weighted by Gasteiger charge is -2.22. The molecule has 15 heavy (non-hydrogen) atoms. The highest BCUT2D eigenvalue weighted by atomic mass is 16.4. The topological polar surface area (TPSA) is 40.5 Å². The molecule has 0 bridgehead atoms. The van der Waals surface area contributed by atoms with Crippen LogP contribution in [0.25, 0.3) is 0 Å². The first-order valence-electron chi connectivity index (χ1n) is 5.17. The van der Waals surface area contributed by atoms with Crippen molar-refractivity contribution in [3.8, 4) is 0 Å². The Morgan fingerprint density at radius 1 is 1.33 bits per heavy atom. The van der Waals surface area contributed by atoms with E-state index in [1.54, 1.807) is 0 Å². The van der Waals surface area contributed by atoms with Crippen molar-refractivity contribution in [1.29, 1.82) is 0 Å². The van der Waals surface area contributed by atoms with Crippen LogP contribution in [0.2, 0.25) is 0 Å². The van der Waals surface area contributed by atoms with Gasteiger partial charge in [0.25, 0.3) is 0 Å². The zero-order valence-electron chi connectivity index (χ0n) is 9.23. The quantitative estimate of drug-likeness (QED) is 0.805. The molecule has 1 rings (SSSR count). The molecule has 3 nitrogen and oxygen atoms in total. The fraction of sp³-hybridized carbons (Fsp3) is 0.417. The molecule has 0 aliphatic heterocycles. The molecule has 0 spiro atoms. The summed E-state index contributed by atoms with van der Waals surface area (Å²) in [5, 5.41) is 8.78. The molecule has 0 atom stereocenters. The van der Waals surface area contributed by atoms with E-state index in [1.807, 2.05) is 43.0 Å². The second kappa shape index (κ2) is 5.39. The van der Waals surface area contributed by atoms with Gasteiger partial charge in [-0.1, -0.05) is 24.6 Å². The van der Waals surface area contributed by atoms with Crippen molar-refractivity contribution in [3.05, 3.63) is 29.8 Å². The van der Waals surface area contributed by atoms with E-state index in [9.17, 15) is 4.79 Å². The zero-order chi connectivity index (χ0) is 11.3. The van der Waals surface area contributed by atoms with Crippen molar-refractivity contribution < 1.29 is 9.90 Å². The molecule has 0 radical (unpaired) electrons. The molecule has 1 aromatic carbocycles. The number of anilines is 1. The summed E-state index contributed by atoms with van der Waals surface area (Å²) in [6.45, 7) is 4.90. The van der Waals surface area contributed by atoms with Crippen LogP contribution in [0.15, 0.2) is 24.3 Å². The maximum absolute atomic E-state index is 10.7. The average Bonchev–Trinajstić information content (AvgIpc) is 2.17. The number of carbonyl (C=O) groups is 1. The van der Waals surface area contributed by atoms with E-state index < -0.39 is 5.97 Å². The molecule has 0 aliphatic rings. The van der Waals surface area contributed by atoms with Crippen LogP contribution in [0.1, 0.15) is 18.9 Å². The van der Waals surface area contributed by atoms with E-state index in [2.05, 4.69) is 0 Å². The van der Waals surface area contributed by atoms with Crippen molar-refractivity contribution in [2.45, 2.75) is 20.3 Å². The number of carboxylic acid groups (broad SMARTS) is 1. The lowest BCUT2D eigenvalue weighted by molar-refractivity contribution is -0.135. The van der Waals surface area contributed by atoms with Gasteiger partial charge >= 0.3 is 5.97 Å². The summed E-state index contributed by atoms with van der Waals surface area (Å²) < 4.78 is 0. The smallest absolute Gasteiger partial charge is 0.323 e. The number of aliphatic carboxylic acids is 1. The molecule has 0 aromatic heterocycles. The van der Waals surface area contributed by atoms with Gasteiger partial charge in [0.05, 0.1) is 0 Å².